The highest BCUT2D eigenvalue weighted by Gasteiger charge is 2.41. The van der Waals surface area contributed by atoms with Crippen LogP contribution in [0, 0.1) is 0 Å². The molecule has 0 fully saturated rings. The van der Waals surface area contributed by atoms with Gasteiger partial charge in [-0.3, -0.25) is 0 Å². The molecule has 0 saturated heterocycles. The molecule has 0 aliphatic heterocycles. The lowest BCUT2D eigenvalue weighted by Gasteiger charge is -2.29. The monoisotopic (exact) mass is 322 g/mol. The van der Waals surface area contributed by atoms with Gasteiger partial charge < -0.3 is 13.3 Å². The Kier molecular flexibility index (Phi) is 9.32. The SMILES string of the molecule is C=Cc1ccc(C[Si](OCCC)(OCCC)OCCC)cc1. The summed E-state index contributed by atoms with van der Waals surface area (Å²) in [6.45, 7) is 12.2. The molecular formula is C18H30O3Si. The second kappa shape index (κ2) is 10.7. The maximum Gasteiger partial charge on any atom is 0.505 e. The summed E-state index contributed by atoms with van der Waals surface area (Å²) >= 11 is 0. The van der Waals surface area contributed by atoms with Crippen molar-refractivity contribution in [2.75, 3.05) is 19.8 Å². The Labute approximate surface area is 136 Å². The summed E-state index contributed by atoms with van der Waals surface area (Å²) in [6, 6.07) is 9.09. The molecule has 1 rings (SSSR count). The molecule has 0 radical (unpaired) electrons. The Morgan fingerprint density at radius 3 is 1.68 bits per heavy atom. The van der Waals surface area contributed by atoms with Crippen LogP contribution in [0.5, 0.6) is 0 Å². The first-order valence-corrected chi connectivity index (χ1v) is 10.3. The molecule has 0 saturated carbocycles. The third kappa shape index (κ3) is 6.44. The third-order valence-electron chi connectivity index (χ3n) is 3.21. The molecule has 0 aliphatic rings. The molecule has 3 nitrogen and oxygen atoms in total. The highest BCUT2D eigenvalue weighted by atomic mass is 28.4. The van der Waals surface area contributed by atoms with Crippen molar-refractivity contribution in [1.29, 1.82) is 0 Å². The molecule has 4 heteroatoms. The Morgan fingerprint density at radius 2 is 1.32 bits per heavy atom. The minimum Gasteiger partial charge on any atom is -0.373 e. The standard InChI is InChI=1S/C18H30O3Si/c1-5-13-19-22(20-14-6-2,21-15-7-3)16-18-11-9-17(8-4)10-12-18/h8-12H,4-7,13-16H2,1-3H3. The fourth-order valence-electron chi connectivity index (χ4n) is 2.07. The fourth-order valence-corrected chi connectivity index (χ4v) is 4.91. The molecule has 1 aromatic carbocycles. The maximum absolute atomic E-state index is 6.12. The molecule has 1 aromatic rings. The maximum atomic E-state index is 6.12. The van der Waals surface area contributed by atoms with Crippen LogP contribution in [0.2, 0.25) is 0 Å². The molecule has 0 bridgehead atoms. The minimum absolute atomic E-state index is 0.685. The lowest BCUT2D eigenvalue weighted by molar-refractivity contribution is 0.0583. The van der Waals surface area contributed by atoms with Crippen LogP contribution in [0.25, 0.3) is 6.08 Å². The number of benzene rings is 1. The van der Waals surface area contributed by atoms with E-state index in [1.54, 1.807) is 0 Å². The zero-order valence-corrected chi connectivity index (χ0v) is 15.3. The van der Waals surface area contributed by atoms with E-state index in [4.69, 9.17) is 13.3 Å². The van der Waals surface area contributed by atoms with Gasteiger partial charge >= 0.3 is 8.80 Å². The van der Waals surface area contributed by atoms with Gasteiger partial charge in [-0.05, 0) is 30.4 Å². The molecule has 0 heterocycles. The van der Waals surface area contributed by atoms with Crippen molar-refractivity contribution < 1.29 is 13.3 Å². The van der Waals surface area contributed by atoms with E-state index < -0.39 is 8.80 Å². The van der Waals surface area contributed by atoms with Crippen LogP contribution in [-0.4, -0.2) is 28.6 Å². The zero-order chi connectivity index (χ0) is 16.3. The van der Waals surface area contributed by atoms with E-state index in [0.717, 1.165) is 30.9 Å². The highest BCUT2D eigenvalue weighted by molar-refractivity contribution is 6.60. The van der Waals surface area contributed by atoms with E-state index in [9.17, 15) is 0 Å². The Hall–Kier alpha value is -0.943. The first-order chi connectivity index (χ1) is 10.7. The number of rotatable bonds is 12. The molecular weight excluding hydrogens is 292 g/mol. The summed E-state index contributed by atoms with van der Waals surface area (Å²) in [5.41, 5.74) is 2.31. The largest absolute Gasteiger partial charge is 0.505 e. The van der Waals surface area contributed by atoms with Crippen LogP contribution in [0.3, 0.4) is 0 Å². The summed E-state index contributed by atoms with van der Waals surface area (Å²) in [4.78, 5) is 0. The molecule has 0 atom stereocenters. The van der Waals surface area contributed by atoms with E-state index in [0.29, 0.717) is 19.8 Å². The van der Waals surface area contributed by atoms with Crippen LogP contribution in [0.1, 0.15) is 51.2 Å². The summed E-state index contributed by atoms with van der Waals surface area (Å²) in [6.07, 6.45) is 4.75. The van der Waals surface area contributed by atoms with Crippen molar-refractivity contribution in [3.63, 3.8) is 0 Å². The quantitative estimate of drug-likeness (QED) is 0.525. The lowest BCUT2D eigenvalue weighted by atomic mass is 10.1. The predicted molar refractivity (Wildman–Crippen MR) is 94.7 cm³/mol. The van der Waals surface area contributed by atoms with Gasteiger partial charge in [0.25, 0.3) is 0 Å². The summed E-state index contributed by atoms with van der Waals surface area (Å²) in [5.74, 6) is 0. The third-order valence-corrected chi connectivity index (χ3v) is 5.99. The Morgan fingerprint density at radius 1 is 0.864 bits per heavy atom. The first-order valence-electron chi connectivity index (χ1n) is 8.33. The minimum atomic E-state index is -2.65. The number of hydrogen-bond donors (Lipinski definition) is 0. The van der Waals surface area contributed by atoms with Gasteiger partial charge in [-0.1, -0.05) is 57.7 Å². The van der Waals surface area contributed by atoms with E-state index in [2.05, 4.69) is 51.6 Å². The molecule has 124 valence electrons. The van der Waals surface area contributed by atoms with Crippen molar-refractivity contribution in [2.45, 2.75) is 46.1 Å². The van der Waals surface area contributed by atoms with Gasteiger partial charge in [0.15, 0.2) is 0 Å². The summed E-state index contributed by atoms with van der Waals surface area (Å²) in [5, 5.41) is 0. The van der Waals surface area contributed by atoms with Crippen molar-refractivity contribution in [3.05, 3.63) is 42.0 Å². The van der Waals surface area contributed by atoms with Gasteiger partial charge in [-0.15, -0.1) is 0 Å². The van der Waals surface area contributed by atoms with Gasteiger partial charge in [0.05, 0.1) is 0 Å². The van der Waals surface area contributed by atoms with Crippen molar-refractivity contribution in [2.24, 2.45) is 0 Å². The Bertz CT molecular complexity index is 395. The topological polar surface area (TPSA) is 27.7 Å². The van der Waals surface area contributed by atoms with Crippen LogP contribution in [0.4, 0.5) is 0 Å². The van der Waals surface area contributed by atoms with Crippen molar-refractivity contribution in [1.82, 2.24) is 0 Å². The van der Waals surface area contributed by atoms with Gasteiger partial charge in [0.1, 0.15) is 0 Å². The van der Waals surface area contributed by atoms with Gasteiger partial charge in [-0.2, -0.15) is 0 Å². The van der Waals surface area contributed by atoms with E-state index in [1.165, 1.54) is 5.56 Å². The molecule has 0 amide bonds. The average Bonchev–Trinajstić information content (AvgIpc) is 2.56. The molecule has 0 unspecified atom stereocenters. The average molecular weight is 323 g/mol. The van der Waals surface area contributed by atoms with E-state index >= 15 is 0 Å². The molecule has 0 spiro atoms. The van der Waals surface area contributed by atoms with Crippen LogP contribution in [-0.2, 0) is 19.3 Å². The summed E-state index contributed by atoms with van der Waals surface area (Å²) in [7, 11) is -2.65. The van der Waals surface area contributed by atoms with Gasteiger partial charge in [0.2, 0.25) is 0 Å². The second-order valence-electron chi connectivity index (χ2n) is 5.35. The first kappa shape index (κ1) is 19.1. The molecule has 0 aliphatic carbocycles. The lowest BCUT2D eigenvalue weighted by Crippen LogP contribution is -2.49. The second-order valence-corrected chi connectivity index (χ2v) is 7.94. The van der Waals surface area contributed by atoms with Gasteiger partial charge in [0, 0.05) is 25.9 Å². The molecule has 0 N–H and O–H groups in total. The summed E-state index contributed by atoms with van der Waals surface area (Å²) < 4.78 is 18.4. The van der Waals surface area contributed by atoms with Crippen LogP contribution in [0.15, 0.2) is 30.8 Å². The smallest absolute Gasteiger partial charge is 0.373 e. The predicted octanol–water partition coefficient (Wildman–Crippen LogP) is 4.63. The molecule has 22 heavy (non-hydrogen) atoms. The fraction of sp³-hybridized carbons (Fsp3) is 0.556. The zero-order valence-electron chi connectivity index (χ0n) is 14.3. The molecule has 0 aromatic heterocycles. The van der Waals surface area contributed by atoms with Gasteiger partial charge in [-0.25, -0.2) is 0 Å². The highest BCUT2D eigenvalue weighted by Crippen LogP contribution is 2.19. The van der Waals surface area contributed by atoms with Crippen LogP contribution >= 0.6 is 0 Å². The Balaban J connectivity index is 2.89. The van der Waals surface area contributed by atoms with Crippen molar-refractivity contribution in [3.8, 4) is 0 Å². The number of hydrogen-bond acceptors (Lipinski definition) is 3. The van der Waals surface area contributed by atoms with E-state index in [1.807, 2.05) is 6.08 Å². The normalized spacial score (nSPS) is 11.6. The van der Waals surface area contributed by atoms with Crippen LogP contribution < -0.4 is 0 Å². The van der Waals surface area contributed by atoms with E-state index in [-0.39, 0.29) is 0 Å². The van der Waals surface area contributed by atoms with Crippen molar-refractivity contribution >= 4 is 14.9 Å².